The number of nitrogens with one attached hydrogen (secondary N) is 1. The number of hydrogen-bond acceptors (Lipinski definition) is 5. The summed E-state index contributed by atoms with van der Waals surface area (Å²) in [5.41, 5.74) is 0. The lowest BCUT2D eigenvalue weighted by molar-refractivity contribution is -0.143. The van der Waals surface area contributed by atoms with Gasteiger partial charge in [-0.1, -0.05) is 431 Å². The first-order chi connectivity index (χ1) is 44.0. The highest BCUT2D eigenvalue weighted by Crippen LogP contribution is 2.21. The van der Waals surface area contributed by atoms with E-state index in [1.54, 1.807) is 0 Å². The minimum Gasteiger partial charge on any atom is -0.466 e. The molecular formula is C83H163NO5. The van der Waals surface area contributed by atoms with Gasteiger partial charge in [-0.2, -0.15) is 0 Å². The van der Waals surface area contributed by atoms with Crippen LogP contribution in [0.4, 0.5) is 0 Å². The van der Waals surface area contributed by atoms with Crippen molar-refractivity contribution in [1.82, 2.24) is 5.32 Å². The Labute approximate surface area is 559 Å². The van der Waals surface area contributed by atoms with Crippen molar-refractivity contribution in [3.05, 3.63) is 12.2 Å². The van der Waals surface area contributed by atoms with E-state index in [1.807, 2.05) is 0 Å². The van der Waals surface area contributed by atoms with Crippen LogP contribution in [0, 0.1) is 0 Å². The maximum Gasteiger partial charge on any atom is 0.305 e. The minimum absolute atomic E-state index is 0.0218. The Balaban J connectivity index is 3.32. The average molecular weight is 1260 g/mol. The Bertz CT molecular complexity index is 1350. The van der Waals surface area contributed by atoms with Crippen molar-refractivity contribution in [2.45, 2.75) is 495 Å². The number of carbonyl (C=O) groups excluding carboxylic acids is 2. The van der Waals surface area contributed by atoms with E-state index in [1.165, 1.54) is 411 Å². The van der Waals surface area contributed by atoms with Gasteiger partial charge in [-0.05, 0) is 51.4 Å². The van der Waals surface area contributed by atoms with Crippen molar-refractivity contribution in [2.24, 2.45) is 0 Å². The normalized spacial score (nSPS) is 12.4. The highest BCUT2D eigenvalue weighted by atomic mass is 16.5. The van der Waals surface area contributed by atoms with Gasteiger partial charge in [0.25, 0.3) is 0 Å². The van der Waals surface area contributed by atoms with Crippen LogP contribution in [0.15, 0.2) is 12.2 Å². The lowest BCUT2D eigenvalue weighted by atomic mass is 10.0. The number of unbranched alkanes of at least 4 members (excludes halogenated alkanes) is 66. The summed E-state index contributed by atoms with van der Waals surface area (Å²) in [5.74, 6) is -0.00285. The number of ether oxygens (including phenoxy) is 1. The quantitative estimate of drug-likeness (QED) is 0.0320. The number of aliphatic hydroxyl groups is 2. The summed E-state index contributed by atoms with van der Waals surface area (Å²) in [6.07, 6.45) is 100. The van der Waals surface area contributed by atoms with E-state index >= 15 is 0 Å². The smallest absolute Gasteiger partial charge is 0.305 e. The molecule has 0 aromatic rings. The molecule has 6 nitrogen and oxygen atoms in total. The van der Waals surface area contributed by atoms with Gasteiger partial charge in [0.15, 0.2) is 0 Å². The zero-order valence-corrected chi connectivity index (χ0v) is 61.0. The molecule has 3 N–H and O–H groups in total. The Kier molecular flexibility index (Phi) is 77.8. The molecular weight excluding hydrogens is 1090 g/mol. The van der Waals surface area contributed by atoms with Crippen LogP contribution in [0.1, 0.15) is 483 Å². The molecule has 0 saturated carbocycles. The molecule has 0 bridgehead atoms. The van der Waals surface area contributed by atoms with Crippen LogP contribution in [0.5, 0.6) is 0 Å². The predicted octanol–water partition coefficient (Wildman–Crippen LogP) is 27.4. The Morgan fingerprint density at radius 2 is 0.528 bits per heavy atom. The summed E-state index contributed by atoms with van der Waals surface area (Å²) in [4.78, 5) is 24.7. The van der Waals surface area contributed by atoms with E-state index in [9.17, 15) is 19.8 Å². The first-order valence-electron chi connectivity index (χ1n) is 41.4. The number of hydrogen-bond donors (Lipinski definition) is 3. The SMILES string of the molecule is CCCCCCCC/C=C\CCCCCCCCCCCC(=O)OCCCCCCCCCCCCCCCCCCCCCCCCCCCCCCCCCC(=O)NC(CO)C(O)CCCCCCCCCCCCCCCCCCCCCCCC. The van der Waals surface area contributed by atoms with Crippen molar-refractivity contribution in [1.29, 1.82) is 0 Å². The Morgan fingerprint density at radius 3 is 0.798 bits per heavy atom. The fourth-order valence-corrected chi connectivity index (χ4v) is 13.5. The summed E-state index contributed by atoms with van der Waals surface area (Å²) >= 11 is 0. The summed E-state index contributed by atoms with van der Waals surface area (Å²) in [6.45, 7) is 5.01. The van der Waals surface area contributed by atoms with Crippen molar-refractivity contribution in [3.63, 3.8) is 0 Å². The summed E-state index contributed by atoms with van der Waals surface area (Å²) in [7, 11) is 0. The second-order valence-corrected chi connectivity index (χ2v) is 28.8. The summed E-state index contributed by atoms with van der Waals surface area (Å²) in [5, 5.41) is 23.5. The highest BCUT2D eigenvalue weighted by Gasteiger charge is 2.20. The van der Waals surface area contributed by atoms with Crippen LogP contribution < -0.4 is 5.32 Å². The third-order valence-corrected chi connectivity index (χ3v) is 19.8. The van der Waals surface area contributed by atoms with Crippen LogP contribution in [-0.4, -0.2) is 47.4 Å². The number of esters is 1. The summed E-state index contributed by atoms with van der Waals surface area (Å²) < 4.78 is 5.52. The monoisotopic (exact) mass is 1250 g/mol. The van der Waals surface area contributed by atoms with Crippen LogP contribution >= 0.6 is 0 Å². The molecule has 2 atom stereocenters. The van der Waals surface area contributed by atoms with Gasteiger partial charge in [0.1, 0.15) is 0 Å². The Hall–Kier alpha value is -1.40. The van der Waals surface area contributed by atoms with E-state index < -0.39 is 12.1 Å². The van der Waals surface area contributed by atoms with E-state index in [0.717, 1.165) is 38.5 Å². The molecule has 0 heterocycles. The van der Waals surface area contributed by atoms with Gasteiger partial charge in [-0.15, -0.1) is 0 Å². The zero-order chi connectivity index (χ0) is 64.2. The van der Waals surface area contributed by atoms with E-state index in [2.05, 4.69) is 31.3 Å². The fraction of sp³-hybridized carbons (Fsp3) is 0.952. The molecule has 0 radical (unpaired) electrons. The van der Waals surface area contributed by atoms with Gasteiger partial charge in [-0.25, -0.2) is 0 Å². The number of amides is 1. The highest BCUT2D eigenvalue weighted by molar-refractivity contribution is 5.76. The lowest BCUT2D eigenvalue weighted by Gasteiger charge is -2.22. The molecule has 0 aromatic heterocycles. The average Bonchev–Trinajstić information content (AvgIpc) is 3.68. The largest absolute Gasteiger partial charge is 0.466 e. The molecule has 0 aliphatic heterocycles. The molecule has 0 aliphatic rings. The standard InChI is InChI=1S/C83H163NO5/c1-3-5-7-9-11-13-15-17-19-21-23-24-36-40-43-47-51-55-59-63-67-71-75-81(86)80(79-85)84-82(87)76-72-68-64-60-56-52-48-44-41-37-34-32-30-28-26-25-27-29-31-33-35-38-42-46-50-54-58-62-66-70-74-78-89-83(88)77-73-69-65-61-57-53-49-45-39-22-20-18-16-14-12-10-8-6-4-2/h18,20,80-81,85-86H,3-17,19,21-79H2,1-2H3,(H,84,87)/b20-18-. The second-order valence-electron chi connectivity index (χ2n) is 28.8. The Morgan fingerprint density at radius 1 is 0.303 bits per heavy atom. The van der Waals surface area contributed by atoms with Crippen LogP contribution in [0.3, 0.4) is 0 Å². The number of allylic oxidation sites excluding steroid dienone is 2. The third-order valence-electron chi connectivity index (χ3n) is 19.8. The van der Waals surface area contributed by atoms with E-state index in [-0.39, 0.29) is 18.5 Å². The van der Waals surface area contributed by atoms with Gasteiger partial charge in [0.05, 0.1) is 25.4 Å². The number of rotatable bonds is 79. The van der Waals surface area contributed by atoms with Gasteiger partial charge in [0.2, 0.25) is 5.91 Å². The molecule has 0 aliphatic carbocycles. The molecule has 6 heteroatoms. The van der Waals surface area contributed by atoms with Gasteiger partial charge in [0, 0.05) is 12.8 Å². The van der Waals surface area contributed by atoms with Crippen LogP contribution in [-0.2, 0) is 14.3 Å². The maximum absolute atomic E-state index is 12.6. The molecule has 0 fully saturated rings. The third kappa shape index (κ3) is 75.5. The second kappa shape index (κ2) is 79.0. The molecule has 0 rings (SSSR count). The molecule has 0 aromatic carbocycles. The fourth-order valence-electron chi connectivity index (χ4n) is 13.5. The van der Waals surface area contributed by atoms with Gasteiger partial charge >= 0.3 is 5.97 Å². The molecule has 2 unspecified atom stereocenters. The molecule has 0 saturated heterocycles. The van der Waals surface area contributed by atoms with E-state index in [4.69, 9.17) is 4.74 Å². The molecule has 1 amide bonds. The molecule has 89 heavy (non-hydrogen) atoms. The van der Waals surface area contributed by atoms with Gasteiger partial charge < -0.3 is 20.3 Å². The lowest BCUT2D eigenvalue weighted by Crippen LogP contribution is -2.45. The van der Waals surface area contributed by atoms with Crippen molar-refractivity contribution in [3.8, 4) is 0 Å². The first-order valence-corrected chi connectivity index (χ1v) is 41.4. The maximum atomic E-state index is 12.6. The van der Waals surface area contributed by atoms with Crippen molar-refractivity contribution < 1.29 is 24.5 Å². The minimum atomic E-state index is -0.662. The van der Waals surface area contributed by atoms with E-state index in [0.29, 0.717) is 25.9 Å². The molecule has 0 spiro atoms. The van der Waals surface area contributed by atoms with Crippen LogP contribution in [0.2, 0.25) is 0 Å². The molecule has 530 valence electrons. The number of aliphatic hydroxyl groups excluding tert-OH is 2. The summed E-state index contributed by atoms with van der Waals surface area (Å²) in [6, 6.07) is -0.539. The predicted molar refractivity (Wildman–Crippen MR) is 394 cm³/mol. The topological polar surface area (TPSA) is 95.9 Å². The van der Waals surface area contributed by atoms with Crippen molar-refractivity contribution >= 4 is 11.9 Å². The van der Waals surface area contributed by atoms with Crippen molar-refractivity contribution in [2.75, 3.05) is 13.2 Å². The van der Waals surface area contributed by atoms with Crippen LogP contribution in [0.25, 0.3) is 0 Å². The van der Waals surface area contributed by atoms with Gasteiger partial charge in [-0.3, -0.25) is 9.59 Å². The first kappa shape index (κ1) is 87.6. The zero-order valence-electron chi connectivity index (χ0n) is 61.0. The number of carbonyl (C=O) groups is 2.